The van der Waals surface area contributed by atoms with E-state index in [9.17, 15) is 19.5 Å². The maximum atomic E-state index is 13.5. The lowest BCUT2D eigenvalue weighted by Gasteiger charge is -2.50. The molecular weight excluding hydrogens is 516 g/mol. The van der Waals surface area contributed by atoms with Crippen LogP contribution in [0.5, 0.6) is 0 Å². The Labute approximate surface area is 232 Å². The fourth-order valence-electron chi connectivity index (χ4n) is 5.65. The van der Waals surface area contributed by atoms with E-state index in [4.69, 9.17) is 4.43 Å². The second kappa shape index (κ2) is 10.8. The third-order valence-electron chi connectivity index (χ3n) is 8.81. The molecule has 0 bridgehead atoms. The number of β-lactam (4-membered cyclic amide) rings is 1. The van der Waals surface area contributed by atoms with Crippen LogP contribution in [0.1, 0.15) is 70.7 Å². The van der Waals surface area contributed by atoms with Gasteiger partial charge in [0.2, 0.25) is 5.91 Å². The molecule has 0 aromatic heterocycles. The fraction of sp³-hybridized carbons (Fsp3) is 0.621. The Balaban J connectivity index is 1.60. The molecule has 0 spiro atoms. The zero-order valence-corrected chi connectivity index (χ0v) is 25.6. The van der Waals surface area contributed by atoms with Crippen LogP contribution in [0.2, 0.25) is 18.1 Å². The topological polar surface area (TPSA) is 87.1 Å². The smallest absolute Gasteiger partial charge is 0.353 e. The first-order chi connectivity index (χ1) is 17.8. The number of fused-ring (bicyclic) bond motifs is 1. The van der Waals surface area contributed by atoms with Gasteiger partial charge in [0.25, 0.3) is 5.91 Å². The molecule has 0 aliphatic carbocycles. The van der Waals surface area contributed by atoms with E-state index in [1.54, 1.807) is 0 Å². The molecule has 3 aliphatic heterocycles. The van der Waals surface area contributed by atoms with Crippen LogP contribution in [-0.2, 0) is 14.0 Å². The Bertz CT molecular complexity index is 1140. The minimum Gasteiger partial charge on any atom is -0.477 e. The summed E-state index contributed by atoms with van der Waals surface area (Å²) < 4.78 is 6.58. The van der Waals surface area contributed by atoms with Gasteiger partial charge < -0.3 is 19.3 Å². The second-order valence-electron chi connectivity index (χ2n) is 12.4. The van der Waals surface area contributed by atoms with Crippen molar-refractivity contribution in [3.8, 4) is 0 Å². The summed E-state index contributed by atoms with van der Waals surface area (Å²) in [5, 5.41) is 10.2. The number of benzene rings is 1. The Morgan fingerprint density at radius 3 is 2.29 bits per heavy atom. The van der Waals surface area contributed by atoms with Crippen molar-refractivity contribution in [2.45, 2.75) is 95.5 Å². The largest absolute Gasteiger partial charge is 0.477 e. The van der Waals surface area contributed by atoms with Crippen LogP contribution in [0.4, 0.5) is 0 Å². The van der Waals surface area contributed by atoms with Gasteiger partial charge in [0.05, 0.1) is 23.6 Å². The Hall–Kier alpha value is -2.10. The second-order valence-corrected chi connectivity index (χ2v) is 18.3. The number of aliphatic carboxylic acids is 1. The van der Waals surface area contributed by atoms with Crippen LogP contribution in [0.15, 0.2) is 39.8 Å². The van der Waals surface area contributed by atoms with Crippen molar-refractivity contribution in [1.82, 2.24) is 9.80 Å². The van der Waals surface area contributed by atoms with Gasteiger partial charge >= 0.3 is 5.97 Å². The SMILES string of the molecule is C[C@@H](O[Si](C)(C)C(C)(C)C)[C@H]1C(=O)N2C(C(=O)O)=C(Sc3ccccc3C(=O)N3CCCCCC3)[C@H](C)[C@H]12. The van der Waals surface area contributed by atoms with E-state index in [-0.39, 0.29) is 46.5 Å². The highest BCUT2D eigenvalue weighted by molar-refractivity contribution is 8.03. The predicted octanol–water partition coefficient (Wildman–Crippen LogP) is 5.98. The molecule has 1 aromatic rings. The number of hydrogen-bond donors (Lipinski definition) is 1. The molecule has 0 radical (unpaired) electrons. The molecule has 3 heterocycles. The minimum absolute atomic E-state index is 0.00411. The minimum atomic E-state index is -2.11. The molecule has 7 nitrogen and oxygen atoms in total. The van der Waals surface area contributed by atoms with E-state index >= 15 is 0 Å². The number of carbonyl (C=O) groups is 3. The van der Waals surface area contributed by atoms with Crippen LogP contribution < -0.4 is 0 Å². The first-order valence-electron chi connectivity index (χ1n) is 13.8. The first kappa shape index (κ1) is 28.9. The number of rotatable bonds is 7. The Morgan fingerprint density at radius 2 is 1.71 bits per heavy atom. The average molecular weight is 559 g/mol. The molecule has 208 valence electrons. The summed E-state index contributed by atoms with van der Waals surface area (Å²) in [4.78, 5) is 44.1. The highest BCUT2D eigenvalue weighted by Gasteiger charge is 2.61. The van der Waals surface area contributed by atoms with Gasteiger partial charge in [-0.1, -0.05) is 64.4 Å². The van der Waals surface area contributed by atoms with Gasteiger partial charge in [0.15, 0.2) is 8.32 Å². The lowest BCUT2D eigenvalue weighted by molar-refractivity contribution is -0.162. The van der Waals surface area contributed by atoms with E-state index < -0.39 is 14.3 Å². The van der Waals surface area contributed by atoms with Crippen molar-refractivity contribution in [3.05, 3.63) is 40.4 Å². The highest BCUT2D eigenvalue weighted by Crippen LogP contribution is 2.53. The number of carboxylic acid groups (broad SMARTS) is 1. The van der Waals surface area contributed by atoms with Gasteiger partial charge in [-0.25, -0.2) is 4.79 Å². The van der Waals surface area contributed by atoms with E-state index in [0.29, 0.717) is 10.5 Å². The Kier molecular flexibility index (Phi) is 8.22. The molecule has 4 rings (SSSR count). The molecule has 0 unspecified atom stereocenters. The van der Waals surface area contributed by atoms with E-state index in [1.807, 2.05) is 43.0 Å². The van der Waals surface area contributed by atoms with Crippen LogP contribution >= 0.6 is 11.8 Å². The molecule has 38 heavy (non-hydrogen) atoms. The van der Waals surface area contributed by atoms with Crippen molar-refractivity contribution >= 4 is 37.9 Å². The van der Waals surface area contributed by atoms with Crippen molar-refractivity contribution in [1.29, 1.82) is 0 Å². The van der Waals surface area contributed by atoms with E-state index in [0.717, 1.165) is 43.7 Å². The van der Waals surface area contributed by atoms with Gasteiger partial charge in [0.1, 0.15) is 5.70 Å². The van der Waals surface area contributed by atoms with Gasteiger partial charge in [0, 0.05) is 28.8 Å². The van der Waals surface area contributed by atoms with E-state index in [2.05, 4.69) is 33.9 Å². The lowest BCUT2D eigenvalue weighted by Crippen LogP contribution is -2.65. The summed E-state index contributed by atoms with van der Waals surface area (Å²) in [6, 6.07) is 7.18. The van der Waals surface area contributed by atoms with Gasteiger partial charge in [-0.3, -0.25) is 9.59 Å². The van der Waals surface area contributed by atoms with Crippen molar-refractivity contribution in [2.75, 3.05) is 13.1 Å². The number of nitrogens with zero attached hydrogens (tertiary/aromatic N) is 2. The van der Waals surface area contributed by atoms with Gasteiger partial charge in [-0.2, -0.15) is 0 Å². The van der Waals surface area contributed by atoms with Crippen LogP contribution in [0.3, 0.4) is 0 Å². The number of thioether (sulfide) groups is 1. The molecular formula is C29H42N2O5SSi. The van der Waals surface area contributed by atoms with Crippen molar-refractivity contribution in [3.63, 3.8) is 0 Å². The standard InChI is InChI=1S/C29H42N2O5SSi/c1-18-23-22(19(2)36-38(6,7)29(3,4)5)27(33)31(23)24(28(34)35)25(18)37-21-15-11-10-14-20(21)26(32)30-16-12-8-9-13-17-30/h10-11,14-15,18-19,22-23H,8-9,12-13,16-17H2,1-7H3,(H,34,35)/t18-,19-,22-,23-/m1/s1. The molecule has 2 fully saturated rings. The lowest BCUT2D eigenvalue weighted by atomic mass is 9.79. The summed E-state index contributed by atoms with van der Waals surface area (Å²) in [6.45, 7) is 16.3. The summed E-state index contributed by atoms with van der Waals surface area (Å²) in [6.07, 6.45) is 3.97. The molecule has 9 heteroatoms. The van der Waals surface area contributed by atoms with Crippen molar-refractivity contribution < 1.29 is 23.9 Å². The number of likely N-dealkylation sites (tertiary alicyclic amines) is 1. The zero-order valence-electron chi connectivity index (χ0n) is 23.7. The quantitative estimate of drug-likeness (QED) is 0.327. The predicted molar refractivity (Wildman–Crippen MR) is 152 cm³/mol. The summed E-state index contributed by atoms with van der Waals surface area (Å²) in [5.41, 5.74) is 0.640. The monoisotopic (exact) mass is 558 g/mol. The van der Waals surface area contributed by atoms with Crippen LogP contribution in [0, 0.1) is 11.8 Å². The Morgan fingerprint density at radius 1 is 1.11 bits per heavy atom. The molecule has 2 saturated heterocycles. The number of amides is 2. The number of carboxylic acids is 1. The van der Waals surface area contributed by atoms with Crippen LogP contribution in [0.25, 0.3) is 0 Å². The summed E-state index contributed by atoms with van der Waals surface area (Å²) in [5.74, 6) is -1.87. The molecule has 4 atom stereocenters. The van der Waals surface area contributed by atoms with Gasteiger partial charge in [-0.15, -0.1) is 0 Å². The molecule has 1 N–H and O–H groups in total. The fourth-order valence-corrected chi connectivity index (χ4v) is 8.34. The maximum Gasteiger partial charge on any atom is 0.353 e. The number of hydrogen-bond acceptors (Lipinski definition) is 5. The molecule has 1 aromatic carbocycles. The number of carbonyl (C=O) groups excluding carboxylic acids is 2. The zero-order chi connectivity index (χ0) is 28.0. The molecule has 3 aliphatic rings. The normalized spacial score (nSPS) is 25.1. The maximum absolute atomic E-state index is 13.5. The third-order valence-corrected chi connectivity index (χ3v) is 14.7. The van der Waals surface area contributed by atoms with Crippen molar-refractivity contribution in [2.24, 2.45) is 11.8 Å². The molecule has 2 amide bonds. The van der Waals surface area contributed by atoms with Gasteiger partial charge in [-0.05, 0) is 50.0 Å². The third kappa shape index (κ3) is 5.21. The summed E-state index contributed by atoms with van der Waals surface area (Å²) in [7, 11) is -2.11. The average Bonchev–Trinajstić information content (AvgIpc) is 2.99. The summed E-state index contributed by atoms with van der Waals surface area (Å²) >= 11 is 1.33. The first-order valence-corrected chi connectivity index (χ1v) is 17.5. The van der Waals surface area contributed by atoms with E-state index in [1.165, 1.54) is 16.7 Å². The molecule has 0 saturated carbocycles. The van der Waals surface area contributed by atoms with Crippen LogP contribution in [-0.4, -0.2) is 66.2 Å². The highest BCUT2D eigenvalue weighted by atomic mass is 32.2.